The van der Waals surface area contributed by atoms with Gasteiger partial charge >= 0.3 is 6.09 Å². The SMILES string of the molecule is CC(C)(C)C(C[C@@]1(c2ccccc2)C[C@@H]1C=O)NC(=O)O. The zero-order chi connectivity index (χ0) is 15.7. The van der Waals surface area contributed by atoms with E-state index in [9.17, 15) is 9.59 Å². The van der Waals surface area contributed by atoms with Crippen molar-refractivity contribution in [1.29, 1.82) is 0 Å². The van der Waals surface area contributed by atoms with Gasteiger partial charge in [0.2, 0.25) is 0 Å². The van der Waals surface area contributed by atoms with E-state index in [2.05, 4.69) is 5.32 Å². The Labute approximate surface area is 125 Å². The first-order valence-electron chi connectivity index (χ1n) is 7.30. The Morgan fingerprint density at radius 2 is 2.05 bits per heavy atom. The van der Waals surface area contributed by atoms with Gasteiger partial charge in [0.15, 0.2) is 0 Å². The van der Waals surface area contributed by atoms with Crippen molar-refractivity contribution in [2.24, 2.45) is 11.3 Å². The maximum atomic E-state index is 11.3. The van der Waals surface area contributed by atoms with E-state index in [-0.39, 0.29) is 22.8 Å². The highest BCUT2D eigenvalue weighted by Gasteiger charge is 2.56. The second-order valence-corrected chi connectivity index (χ2v) is 7.04. The molecule has 1 amide bonds. The number of aldehydes is 1. The van der Waals surface area contributed by atoms with Gasteiger partial charge in [0, 0.05) is 17.4 Å². The summed E-state index contributed by atoms with van der Waals surface area (Å²) >= 11 is 0. The zero-order valence-corrected chi connectivity index (χ0v) is 12.8. The molecule has 0 radical (unpaired) electrons. The summed E-state index contributed by atoms with van der Waals surface area (Å²) in [7, 11) is 0. The maximum absolute atomic E-state index is 11.3. The Kier molecular flexibility index (Phi) is 4.08. The van der Waals surface area contributed by atoms with Crippen molar-refractivity contribution in [1.82, 2.24) is 5.32 Å². The van der Waals surface area contributed by atoms with Gasteiger partial charge in [-0.2, -0.15) is 0 Å². The van der Waals surface area contributed by atoms with E-state index < -0.39 is 6.09 Å². The molecule has 4 heteroatoms. The normalized spacial score (nSPS) is 26.0. The molecular weight excluding hydrogens is 266 g/mol. The number of amides is 1. The van der Waals surface area contributed by atoms with Crippen LogP contribution in [0.3, 0.4) is 0 Å². The first-order valence-corrected chi connectivity index (χ1v) is 7.30. The molecule has 1 aliphatic carbocycles. The summed E-state index contributed by atoms with van der Waals surface area (Å²) in [5.74, 6) is -0.0136. The lowest BCUT2D eigenvalue weighted by molar-refractivity contribution is -0.109. The molecule has 2 N–H and O–H groups in total. The third-order valence-electron chi connectivity index (χ3n) is 4.56. The van der Waals surface area contributed by atoms with Crippen molar-refractivity contribution in [3.63, 3.8) is 0 Å². The molecule has 2 rings (SSSR count). The summed E-state index contributed by atoms with van der Waals surface area (Å²) in [6, 6.07) is 9.75. The van der Waals surface area contributed by atoms with E-state index in [1.165, 1.54) is 0 Å². The van der Waals surface area contributed by atoms with Crippen LogP contribution >= 0.6 is 0 Å². The van der Waals surface area contributed by atoms with Gasteiger partial charge in [-0.3, -0.25) is 0 Å². The average molecular weight is 289 g/mol. The molecular formula is C17H23NO3. The van der Waals surface area contributed by atoms with Gasteiger partial charge < -0.3 is 15.2 Å². The number of benzene rings is 1. The molecule has 1 fully saturated rings. The third kappa shape index (κ3) is 3.26. The molecule has 114 valence electrons. The minimum Gasteiger partial charge on any atom is -0.465 e. The standard InChI is InChI=1S/C17H23NO3/c1-16(2,3)14(18-15(20)21)10-17(9-13(17)11-19)12-7-5-4-6-8-12/h4-8,11,13-14,18H,9-10H2,1-3H3,(H,20,21)/t13-,14?,17-/m1/s1. The minimum absolute atomic E-state index is 0.0136. The van der Waals surface area contributed by atoms with Gasteiger partial charge in [-0.05, 0) is 23.8 Å². The summed E-state index contributed by atoms with van der Waals surface area (Å²) in [6.07, 6.45) is 1.44. The van der Waals surface area contributed by atoms with Crippen molar-refractivity contribution >= 4 is 12.4 Å². The van der Waals surface area contributed by atoms with Crippen LogP contribution in [-0.4, -0.2) is 23.5 Å². The first-order chi connectivity index (χ1) is 9.79. The third-order valence-corrected chi connectivity index (χ3v) is 4.56. The van der Waals surface area contributed by atoms with Crippen LogP contribution in [0.15, 0.2) is 30.3 Å². The van der Waals surface area contributed by atoms with E-state index in [0.29, 0.717) is 6.42 Å². The molecule has 0 aliphatic heterocycles. The monoisotopic (exact) mass is 289 g/mol. The van der Waals surface area contributed by atoms with E-state index in [1.54, 1.807) is 0 Å². The van der Waals surface area contributed by atoms with E-state index in [4.69, 9.17) is 5.11 Å². The quantitative estimate of drug-likeness (QED) is 0.818. The van der Waals surface area contributed by atoms with Crippen molar-refractivity contribution in [2.45, 2.75) is 45.1 Å². The van der Waals surface area contributed by atoms with Crippen LogP contribution in [0.25, 0.3) is 0 Å². The van der Waals surface area contributed by atoms with Crippen molar-refractivity contribution in [3.8, 4) is 0 Å². The Bertz CT molecular complexity index is 521. The highest BCUT2D eigenvalue weighted by atomic mass is 16.4. The lowest BCUT2D eigenvalue weighted by Gasteiger charge is -2.34. The predicted molar refractivity (Wildman–Crippen MR) is 81.3 cm³/mol. The van der Waals surface area contributed by atoms with Crippen LogP contribution in [-0.2, 0) is 10.2 Å². The van der Waals surface area contributed by atoms with Crippen LogP contribution in [0.1, 0.15) is 39.2 Å². The second kappa shape index (κ2) is 5.51. The highest BCUT2D eigenvalue weighted by molar-refractivity contribution is 5.66. The zero-order valence-electron chi connectivity index (χ0n) is 12.8. The summed E-state index contributed by atoms with van der Waals surface area (Å²) in [5.41, 5.74) is 0.711. The largest absolute Gasteiger partial charge is 0.465 e. The fourth-order valence-electron chi connectivity index (χ4n) is 3.05. The summed E-state index contributed by atoms with van der Waals surface area (Å²) < 4.78 is 0. The maximum Gasteiger partial charge on any atom is 0.404 e. The van der Waals surface area contributed by atoms with Gasteiger partial charge in [-0.25, -0.2) is 4.79 Å². The fraction of sp³-hybridized carbons (Fsp3) is 0.529. The molecule has 0 bridgehead atoms. The first kappa shape index (κ1) is 15.5. The molecule has 0 aromatic heterocycles. The second-order valence-electron chi connectivity index (χ2n) is 7.04. The number of rotatable bonds is 5. The topological polar surface area (TPSA) is 66.4 Å². The lowest BCUT2D eigenvalue weighted by atomic mass is 9.77. The van der Waals surface area contributed by atoms with Gasteiger partial charge in [0.25, 0.3) is 0 Å². The summed E-state index contributed by atoms with van der Waals surface area (Å²) in [5, 5.41) is 11.7. The minimum atomic E-state index is -1.01. The number of hydrogen-bond acceptors (Lipinski definition) is 2. The van der Waals surface area contributed by atoms with Crippen LogP contribution in [0.2, 0.25) is 0 Å². The number of nitrogens with one attached hydrogen (secondary N) is 1. The molecule has 21 heavy (non-hydrogen) atoms. The number of carbonyl (C=O) groups is 2. The van der Waals surface area contributed by atoms with Crippen LogP contribution < -0.4 is 5.32 Å². The molecule has 4 nitrogen and oxygen atoms in total. The van der Waals surface area contributed by atoms with Crippen molar-refractivity contribution in [2.75, 3.05) is 0 Å². The van der Waals surface area contributed by atoms with Crippen LogP contribution in [0.5, 0.6) is 0 Å². The lowest BCUT2D eigenvalue weighted by Crippen LogP contribution is -2.45. The Morgan fingerprint density at radius 1 is 1.43 bits per heavy atom. The summed E-state index contributed by atoms with van der Waals surface area (Å²) in [6.45, 7) is 6.06. The molecule has 1 aromatic rings. The number of carbonyl (C=O) groups excluding carboxylic acids is 1. The van der Waals surface area contributed by atoms with E-state index >= 15 is 0 Å². The van der Waals surface area contributed by atoms with Crippen LogP contribution in [0, 0.1) is 11.3 Å². The van der Waals surface area contributed by atoms with Gasteiger partial charge in [-0.1, -0.05) is 51.1 Å². The Morgan fingerprint density at radius 3 is 2.48 bits per heavy atom. The molecule has 1 aliphatic rings. The molecule has 1 saturated carbocycles. The van der Waals surface area contributed by atoms with Crippen molar-refractivity contribution in [3.05, 3.63) is 35.9 Å². The Hall–Kier alpha value is -1.84. The average Bonchev–Trinajstić information content (AvgIpc) is 3.12. The van der Waals surface area contributed by atoms with Gasteiger partial charge in [-0.15, -0.1) is 0 Å². The molecule has 0 heterocycles. The number of hydrogen-bond donors (Lipinski definition) is 2. The smallest absolute Gasteiger partial charge is 0.404 e. The van der Waals surface area contributed by atoms with Crippen LogP contribution in [0.4, 0.5) is 4.79 Å². The molecule has 3 atom stereocenters. The predicted octanol–water partition coefficient (Wildman–Crippen LogP) is 3.22. The molecule has 0 saturated heterocycles. The highest BCUT2D eigenvalue weighted by Crippen LogP contribution is 2.57. The van der Waals surface area contributed by atoms with E-state index in [0.717, 1.165) is 18.3 Å². The van der Waals surface area contributed by atoms with E-state index in [1.807, 2.05) is 51.1 Å². The van der Waals surface area contributed by atoms with Gasteiger partial charge in [0.05, 0.1) is 0 Å². The Balaban J connectivity index is 2.27. The van der Waals surface area contributed by atoms with Crippen molar-refractivity contribution < 1.29 is 14.7 Å². The molecule has 1 unspecified atom stereocenters. The molecule has 1 aromatic carbocycles. The number of carboxylic acid groups (broad SMARTS) is 1. The summed E-state index contributed by atoms with van der Waals surface area (Å²) in [4.78, 5) is 22.3. The van der Waals surface area contributed by atoms with Gasteiger partial charge in [0.1, 0.15) is 6.29 Å². The fourth-order valence-corrected chi connectivity index (χ4v) is 3.05. The molecule has 0 spiro atoms.